The molecule has 1 N–H and O–H groups in total. The molecule has 1 rings (SSSR count). The summed E-state index contributed by atoms with van der Waals surface area (Å²) in [5, 5.41) is 8.41. The van der Waals surface area contributed by atoms with Crippen molar-refractivity contribution in [3.05, 3.63) is 0 Å². The minimum atomic E-state index is -0.713. The fraction of sp³-hybridized carbons (Fsp3) is 0.909. The molecule has 0 saturated carbocycles. The number of carbonyl (C=O) groups is 1. The molecule has 1 fully saturated rings. The zero-order chi connectivity index (χ0) is 10.9. The summed E-state index contributed by atoms with van der Waals surface area (Å²) < 4.78 is 10.9. The molecule has 1 aliphatic rings. The Kier molecular flexibility index (Phi) is 6.36. The fourth-order valence-corrected chi connectivity index (χ4v) is 1.65. The van der Waals surface area contributed by atoms with Crippen molar-refractivity contribution in [1.29, 1.82) is 0 Å². The molecule has 1 atom stereocenters. The predicted octanol–water partition coefficient (Wildman–Crippen LogP) is 1.83. The van der Waals surface area contributed by atoms with Crippen LogP contribution in [0.2, 0.25) is 0 Å². The van der Waals surface area contributed by atoms with Crippen LogP contribution in [0.25, 0.3) is 0 Å². The highest BCUT2D eigenvalue weighted by Crippen LogP contribution is 2.12. The first kappa shape index (κ1) is 12.5. The minimum Gasteiger partial charge on any atom is -0.481 e. The van der Waals surface area contributed by atoms with Crippen LogP contribution < -0.4 is 0 Å². The SMILES string of the molecule is O=C(O)CCCCCOCC1CCCO1. The average molecular weight is 216 g/mol. The molecule has 1 aliphatic heterocycles. The lowest BCUT2D eigenvalue weighted by Crippen LogP contribution is -2.14. The first-order valence-corrected chi connectivity index (χ1v) is 5.70. The molecule has 0 amide bonds. The Balaban J connectivity index is 1.78. The third-order valence-electron chi connectivity index (χ3n) is 2.51. The van der Waals surface area contributed by atoms with Gasteiger partial charge in [0.25, 0.3) is 0 Å². The van der Waals surface area contributed by atoms with E-state index < -0.39 is 5.97 Å². The van der Waals surface area contributed by atoms with Gasteiger partial charge in [-0.15, -0.1) is 0 Å². The lowest BCUT2D eigenvalue weighted by Gasteiger charge is -2.09. The van der Waals surface area contributed by atoms with E-state index in [0.29, 0.717) is 12.7 Å². The standard InChI is InChI=1S/C11H20O4/c12-11(13)6-2-1-3-7-14-9-10-5-4-8-15-10/h10H,1-9H2,(H,12,13). The van der Waals surface area contributed by atoms with Crippen LogP contribution in [-0.4, -0.2) is 37.0 Å². The highest BCUT2D eigenvalue weighted by Gasteiger charge is 2.14. The summed E-state index contributed by atoms with van der Waals surface area (Å²) in [4.78, 5) is 10.2. The maximum Gasteiger partial charge on any atom is 0.303 e. The normalized spacial score (nSPS) is 20.7. The van der Waals surface area contributed by atoms with E-state index in [4.69, 9.17) is 14.6 Å². The number of aliphatic carboxylic acids is 1. The van der Waals surface area contributed by atoms with Crippen molar-refractivity contribution in [3.63, 3.8) is 0 Å². The van der Waals surface area contributed by atoms with Crippen LogP contribution in [-0.2, 0) is 14.3 Å². The van der Waals surface area contributed by atoms with Gasteiger partial charge in [0.1, 0.15) is 0 Å². The number of hydrogen-bond donors (Lipinski definition) is 1. The number of carboxylic acids is 1. The topological polar surface area (TPSA) is 55.8 Å². The number of hydrogen-bond acceptors (Lipinski definition) is 3. The molecule has 15 heavy (non-hydrogen) atoms. The van der Waals surface area contributed by atoms with Crippen molar-refractivity contribution in [2.24, 2.45) is 0 Å². The van der Waals surface area contributed by atoms with Crippen LogP contribution in [0.3, 0.4) is 0 Å². The number of ether oxygens (including phenoxy) is 2. The average Bonchev–Trinajstić information content (AvgIpc) is 2.68. The molecule has 0 aromatic carbocycles. The van der Waals surface area contributed by atoms with E-state index in [1.165, 1.54) is 0 Å². The molecule has 0 radical (unpaired) electrons. The molecule has 0 spiro atoms. The second-order valence-electron chi connectivity index (χ2n) is 3.91. The summed E-state index contributed by atoms with van der Waals surface area (Å²) in [6.07, 6.45) is 5.44. The molecule has 0 aromatic rings. The molecular weight excluding hydrogens is 196 g/mol. The van der Waals surface area contributed by atoms with Gasteiger partial charge < -0.3 is 14.6 Å². The zero-order valence-electron chi connectivity index (χ0n) is 9.11. The van der Waals surface area contributed by atoms with E-state index in [9.17, 15) is 4.79 Å². The van der Waals surface area contributed by atoms with E-state index in [1.807, 2.05) is 0 Å². The van der Waals surface area contributed by atoms with E-state index in [1.54, 1.807) is 0 Å². The maximum atomic E-state index is 10.2. The lowest BCUT2D eigenvalue weighted by atomic mass is 10.2. The summed E-state index contributed by atoms with van der Waals surface area (Å²) in [6.45, 7) is 2.28. The maximum absolute atomic E-state index is 10.2. The van der Waals surface area contributed by atoms with Gasteiger partial charge in [-0.1, -0.05) is 6.42 Å². The van der Waals surface area contributed by atoms with E-state index >= 15 is 0 Å². The lowest BCUT2D eigenvalue weighted by molar-refractivity contribution is -0.137. The second kappa shape index (κ2) is 7.65. The number of unbranched alkanes of at least 4 members (excludes halogenated alkanes) is 2. The van der Waals surface area contributed by atoms with E-state index in [2.05, 4.69) is 0 Å². The zero-order valence-corrected chi connectivity index (χ0v) is 9.11. The fourth-order valence-electron chi connectivity index (χ4n) is 1.65. The van der Waals surface area contributed by atoms with Crippen LogP contribution in [0.1, 0.15) is 38.5 Å². The van der Waals surface area contributed by atoms with Gasteiger partial charge in [-0.3, -0.25) is 4.79 Å². The Bertz CT molecular complexity index is 175. The predicted molar refractivity (Wildman–Crippen MR) is 55.9 cm³/mol. The summed E-state index contributed by atoms with van der Waals surface area (Å²) in [6, 6.07) is 0. The Morgan fingerprint density at radius 2 is 2.27 bits per heavy atom. The van der Waals surface area contributed by atoms with Gasteiger partial charge in [0.2, 0.25) is 0 Å². The van der Waals surface area contributed by atoms with Gasteiger partial charge in [-0.05, 0) is 25.7 Å². The van der Waals surface area contributed by atoms with Crippen molar-refractivity contribution >= 4 is 5.97 Å². The van der Waals surface area contributed by atoms with Crippen molar-refractivity contribution < 1.29 is 19.4 Å². The Hall–Kier alpha value is -0.610. The van der Waals surface area contributed by atoms with Gasteiger partial charge >= 0.3 is 5.97 Å². The monoisotopic (exact) mass is 216 g/mol. The van der Waals surface area contributed by atoms with Crippen LogP contribution >= 0.6 is 0 Å². The van der Waals surface area contributed by atoms with Gasteiger partial charge in [0.15, 0.2) is 0 Å². The molecule has 4 heteroatoms. The van der Waals surface area contributed by atoms with Crippen molar-refractivity contribution in [2.45, 2.75) is 44.6 Å². The number of rotatable bonds is 8. The molecule has 0 aliphatic carbocycles. The molecule has 0 aromatic heterocycles. The van der Waals surface area contributed by atoms with Crippen molar-refractivity contribution in [2.75, 3.05) is 19.8 Å². The highest BCUT2D eigenvalue weighted by atomic mass is 16.5. The van der Waals surface area contributed by atoms with E-state index in [-0.39, 0.29) is 6.42 Å². The smallest absolute Gasteiger partial charge is 0.303 e. The van der Waals surface area contributed by atoms with Gasteiger partial charge in [0, 0.05) is 19.6 Å². The highest BCUT2D eigenvalue weighted by molar-refractivity contribution is 5.66. The molecular formula is C11H20O4. The van der Waals surface area contributed by atoms with E-state index in [0.717, 1.165) is 45.3 Å². The molecule has 0 bridgehead atoms. The van der Waals surface area contributed by atoms with Crippen LogP contribution in [0.15, 0.2) is 0 Å². The summed E-state index contributed by atoms with van der Waals surface area (Å²) in [5.74, 6) is -0.713. The molecule has 4 nitrogen and oxygen atoms in total. The Morgan fingerprint density at radius 1 is 1.40 bits per heavy atom. The summed E-state index contributed by atoms with van der Waals surface area (Å²) >= 11 is 0. The molecule has 1 heterocycles. The first-order chi connectivity index (χ1) is 7.29. The first-order valence-electron chi connectivity index (χ1n) is 5.70. The Morgan fingerprint density at radius 3 is 2.93 bits per heavy atom. The third-order valence-corrected chi connectivity index (χ3v) is 2.51. The summed E-state index contributed by atoms with van der Waals surface area (Å²) in [5.41, 5.74) is 0. The quantitative estimate of drug-likeness (QED) is 0.629. The van der Waals surface area contributed by atoms with Crippen LogP contribution in [0, 0.1) is 0 Å². The van der Waals surface area contributed by atoms with Crippen LogP contribution in [0.5, 0.6) is 0 Å². The summed E-state index contributed by atoms with van der Waals surface area (Å²) in [7, 11) is 0. The largest absolute Gasteiger partial charge is 0.481 e. The molecule has 1 unspecified atom stereocenters. The van der Waals surface area contributed by atoms with Crippen molar-refractivity contribution in [1.82, 2.24) is 0 Å². The second-order valence-corrected chi connectivity index (χ2v) is 3.91. The van der Waals surface area contributed by atoms with Gasteiger partial charge in [-0.25, -0.2) is 0 Å². The Labute approximate surface area is 90.6 Å². The number of carboxylic acid groups (broad SMARTS) is 1. The molecule has 88 valence electrons. The minimum absolute atomic E-state index is 0.270. The van der Waals surface area contributed by atoms with Gasteiger partial charge in [0.05, 0.1) is 12.7 Å². The van der Waals surface area contributed by atoms with Crippen molar-refractivity contribution in [3.8, 4) is 0 Å². The van der Waals surface area contributed by atoms with Gasteiger partial charge in [-0.2, -0.15) is 0 Å². The van der Waals surface area contributed by atoms with Crippen LogP contribution in [0.4, 0.5) is 0 Å². The third kappa shape index (κ3) is 6.47. The molecule has 1 saturated heterocycles.